The van der Waals surface area contributed by atoms with E-state index in [1.807, 2.05) is 0 Å². The minimum atomic E-state index is -1.21. The maximum absolute atomic E-state index is 11.3. The zero-order valence-electron chi connectivity index (χ0n) is 10.2. The smallest absolute Gasteiger partial charge is 0.207 e. The van der Waals surface area contributed by atoms with E-state index in [0.717, 1.165) is 43.9 Å². The van der Waals surface area contributed by atoms with Gasteiger partial charge in [-0.05, 0) is 0 Å². The van der Waals surface area contributed by atoms with Gasteiger partial charge in [-0.3, -0.25) is 8.98 Å². The second-order valence-electron chi connectivity index (χ2n) is 4.09. The highest BCUT2D eigenvalue weighted by molar-refractivity contribution is 7.80. The molecule has 1 saturated heterocycles. The predicted molar refractivity (Wildman–Crippen MR) is 64.6 cm³/mol. The van der Waals surface area contributed by atoms with Crippen LogP contribution in [0, 0.1) is 0 Å². The van der Waals surface area contributed by atoms with Crippen molar-refractivity contribution < 1.29 is 22.4 Å². The lowest BCUT2D eigenvalue weighted by Gasteiger charge is -2.41. The Bertz CT molecular complexity index is 257. The molecule has 17 heavy (non-hydrogen) atoms. The van der Waals surface area contributed by atoms with Crippen molar-refractivity contribution in [1.82, 2.24) is 5.32 Å². The van der Waals surface area contributed by atoms with Crippen molar-refractivity contribution in [3.63, 3.8) is 0 Å². The van der Waals surface area contributed by atoms with Crippen molar-refractivity contribution in [2.75, 3.05) is 58.8 Å². The molecule has 0 saturated carbocycles. The van der Waals surface area contributed by atoms with Crippen molar-refractivity contribution in [1.29, 1.82) is 0 Å². The topological polar surface area (TPSA) is 64.6 Å². The average molecular weight is 265 g/mol. The maximum Gasteiger partial charge on any atom is 0.207 e. The van der Waals surface area contributed by atoms with Crippen molar-refractivity contribution in [3.05, 3.63) is 0 Å². The van der Waals surface area contributed by atoms with Crippen LogP contribution in [0.2, 0.25) is 0 Å². The second-order valence-corrected chi connectivity index (χ2v) is 5.44. The fraction of sp³-hybridized carbons (Fsp3) is 0.900. The van der Waals surface area contributed by atoms with E-state index in [4.69, 9.17) is 8.92 Å². The molecule has 1 aliphatic heterocycles. The Morgan fingerprint density at radius 3 is 2.71 bits per heavy atom. The molecule has 0 spiro atoms. The molecule has 1 N–H and O–H groups in total. The van der Waals surface area contributed by atoms with Crippen molar-refractivity contribution in [2.24, 2.45) is 0 Å². The van der Waals surface area contributed by atoms with E-state index in [1.54, 1.807) is 0 Å². The number of nitrogens with one attached hydrogen (secondary N) is 1. The largest absolute Gasteiger partial charge is 0.370 e. The van der Waals surface area contributed by atoms with Gasteiger partial charge in [0.2, 0.25) is 6.41 Å². The standard InChI is InChI=1S/C10H20N2O4S/c1-15-17(14)9-6-12(3-2-11-10-13)4-7-16-8-5-12/h10H,2-9H2,1H3/p+1. The lowest BCUT2D eigenvalue weighted by atomic mass is 10.3. The number of morpholine rings is 1. The second kappa shape index (κ2) is 7.75. The molecule has 6 nitrogen and oxygen atoms in total. The van der Waals surface area contributed by atoms with Crippen LogP contribution in [0.4, 0.5) is 0 Å². The van der Waals surface area contributed by atoms with Crippen LogP contribution >= 0.6 is 0 Å². The molecule has 100 valence electrons. The highest BCUT2D eigenvalue weighted by atomic mass is 32.2. The number of quaternary nitrogens is 1. The minimum Gasteiger partial charge on any atom is -0.370 e. The quantitative estimate of drug-likeness (QED) is 0.343. The van der Waals surface area contributed by atoms with E-state index in [-0.39, 0.29) is 0 Å². The number of amides is 1. The van der Waals surface area contributed by atoms with Crippen LogP contribution in [0.15, 0.2) is 0 Å². The lowest BCUT2D eigenvalue weighted by Crippen LogP contribution is -2.58. The summed E-state index contributed by atoms with van der Waals surface area (Å²) in [5.74, 6) is 0.525. The summed E-state index contributed by atoms with van der Waals surface area (Å²) < 4.78 is 22.3. The van der Waals surface area contributed by atoms with Gasteiger partial charge in [0, 0.05) is 0 Å². The third kappa shape index (κ3) is 5.12. The first-order valence-electron chi connectivity index (χ1n) is 5.75. The Kier molecular flexibility index (Phi) is 6.64. The van der Waals surface area contributed by atoms with Gasteiger partial charge < -0.3 is 14.5 Å². The molecule has 1 atom stereocenters. The van der Waals surface area contributed by atoms with Gasteiger partial charge in [0.15, 0.2) is 11.1 Å². The van der Waals surface area contributed by atoms with Gasteiger partial charge in [0.1, 0.15) is 13.1 Å². The summed E-state index contributed by atoms with van der Waals surface area (Å²) in [6, 6.07) is 0. The average Bonchev–Trinajstić information content (AvgIpc) is 2.37. The molecular formula is C10H21N2O4S+. The molecule has 0 aliphatic carbocycles. The molecule has 0 aromatic carbocycles. The van der Waals surface area contributed by atoms with Crippen molar-refractivity contribution in [3.8, 4) is 0 Å². The molecule has 0 bridgehead atoms. The Morgan fingerprint density at radius 1 is 1.41 bits per heavy atom. The van der Waals surface area contributed by atoms with Crippen LogP contribution in [0.1, 0.15) is 0 Å². The summed E-state index contributed by atoms with van der Waals surface area (Å²) in [7, 11) is 1.45. The number of ether oxygens (including phenoxy) is 1. The van der Waals surface area contributed by atoms with Crippen LogP contribution in [-0.4, -0.2) is 73.9 Å². The van der Waals surface area contributed by atoms with Gasteiger partial charge in [-0.25, -0.2) is 4.21 Å². The molecule has 1 unspecified atom stereocenters. The summed E-state index contributed by atoms with van der Waals surface area (Å²) >= 11 is -1.21. The van der Waals surface area contributed by atoms with Crippen molar-refractivity contribution >= 4 is 17.5 Å². The summed E-state index contributed by atoms with van der Waals surface area (Å²) in [5.41, 5.74) is 0. The molecule has 1 heterocycles. The fourth-order valence-corrected chi connectivity index (χ4v) is 2.70. The third-order valence-electron chi connectivity index (χ3n) is 3.15. The Morgan fingerprint density at radius 2 is 2.12 bits per heavy atom. The molecule has 0 aromatic rings. The summed E-state index contributed by atoms with van der Waals surface area (Å²) in [6.45, 7) is 5.54. The normalized spacial score (nSPS) is 20.8. The van der Waals surface area contributed by atoms with E-state index in [1.165, 1.54) is 7.11 Å². The third-order valence-corrected chi connectivity index (χ3v) is 4.04. The zero-order valence-corrected chi connectivity index (χ0v) is 11.0. The van der Waals surface area contributed by atoms with Crippen LogP contribution in [0.25, 0.3) is 0 Å². The first-order valence-corrected chi connectivity index (χ1v) is 6.99. The summed E-state index contributed by atoms with van der Waals surface area (Å²) in [6.07, 6.45) is 0.713. The maximum atomic E-state index is 11.3. The molecule has 0 radical (unpaired) electrons. The number of carbonyl (C=O) groups excluding carboxylic acids is 1. The minimum absolute atomic E-state index is 0.525. The molecule has 1 rings (SSSR count). The number of nitrogens with zero attached hydrogens (tertiary/aromatic N) is 1. The van der Waals surface area contributed by atoms with E-state index in [0.29, 0.717) is 18.7 Å². The fourth-order valence-electron chi connectivity index (χ4n) is 2.00. The van der Waals surface area contributed by atoms with Gasteiger partial charge in [-0.1, -0.05) is 0 Å². The SMILES string of the molecule is COS(=O)CC[N+]1(CCNC=O)CCOCC1. The molecule has 1 amide bonds. The molecule has 0 aromatic heterocycles. The summed E-state index contributed by atoms with van der Waals surface area (Å²) in [4.78, 5) is 10.3. The highest BCUT2D eigenvalue weighted by Crippen LogP contribution is 2.11. The van der Waals surface area contributed by atoms with E-state index < -0.39 is 11.1 Å². The van der Waals surface area contributed by atoms with Gasteiger partial charge in [-0.2, -0.15) is 0 Å². The van der Waals surface area contributed by atoms with Gasteiger partial charge in [-0.15, -0.1) is 0 Å². The molecule has 7 heteroatoms. The molecule has 1 fully saturated rings. The van der Waals surface area contributed by atoms with E-state index >= 15 is 0 Å². The first-order chi connectivity index (χ1) is 8.22. The van der Waals surface area contributed by atoms with Crippen LogP contribution < -0.4 is 5.32 Å². The van der Waals surface area contributed by atoms with Crippen LogP contribution in [-0.2, 0) is 24.8 Å². The number of hydrogen-bond acceptors (Lipinski definition) is 4. The first kappa shape index (κ1) is 14.6. The van der Waals surface area contributed by atoms with Crippen molar-refractivity contribution in [2.45, 2.75) is 0 Å². The van der Waals surface area contributed by atoms with Gasteiger partial charge >= 0.3 is 0 Å². The molecule has 1 aliphatic rings. The Labute approximate surface area is 105 Å². The Balaban J connectivity index is 2.45. The number of carbonyl (C=O) groups is 1. The van der Waals surface area contributed by atoms with Gasteiger partial charge in [0.05, 0.1) is 45.7 Å². The Hall–Kier alpha value is -0.500. The van der Waals surface area contributed by atoms with Gasteiger partial charge in [0.25, 0.3) is 0 Å². The number of hydrogen-bond donors (Lipinski definition) is 1. The van der Waals surface area contributed by atoms with Crippen LogP contribution in [0.3, 0.4) is 0 Å². The van der Waals surface area contributed by atoms with E-state index in [2.05, 4.69) is 5.32 Å². The van der Waals surface area contributed by atoms with Crippen LogP contribution in [0.5, 0.6) is 0 Å². The van der Waals surface area contributed by atoms with E-state index in [9.17, 15) is 9.00 Å². The summed E-state index contributed by atoms with van der Waals surface area (Å²) in [5, 5.41) is 2.68. The number of rotatable bonds is 8. The lowest BCUT2D eigenvalue weighted by molar-refractivity contribution is -0.931. The molecular weight excluding hydrogens is 244 g/mol. The highest BCUT2D eigenvalue weighted by Gasteiger charge is 2.30. The monoisotopic (exact) mass is 265 g/mol. The zero-order chi connectivity index (χ0) is 12.6. The predicted octanol–water partition coefficient (Wildman–Crippen LogP) is -1.11.